The van der Waals surface area contributed by atoms with Gasteiger partial charge in [0.15, 0.2) is 0 Å². The number of aromatic nitrogens is 3. The van der Waals surface area contributed by atoms with Crippen LogP contribution < -0.4 is 0 Å². The van der Waals surface area contributed by atoms with Crippen molar-refractivity contribution in [1.29, 1.82) is 0 Å². The van der Waals surface area contributed by atoms with Crippen molar-refractivity contribution in [2.24, 2.45) is 0 Å². The standard InChI is InChI=1S/C13H15N3O2/c1-9-5-4-6-10(7-9)16-11(8-14-15-16)13(2,3)12(17)18/h4-8H,1-3H3,(H,17,18). The molecule has 0 radical (unpaired) electrons. The first-order chi connectivity index (χ1) is 8.43. The third-order valence-electron chi connectivity index (χ3n) is 2.97. The average molecular weight is 245 g/mol. The first-order valence-electron chi connectivity index (χ1n) is 5.64. The van der Waals surface area contributed by atoms with Gasteiger partial charge in [-0.25, -0.2) is 4.68 Å². The zero-order chi connectivity index (χ0) is 13.3. The molecule has 5 heteroatoms. The third kappa shape index (κ3) is 1.99. The maximum absolute atomic E-state index is 11.3. The SMILES string of the molecule is Cc1cccc(-n2nncc2C(C)(C)C(=O)O)c1. The minimum Gasteiger partial charge on any atom is -0.481 e. The molecule has 0 bridgehead atoms. The van der Waals surface area contributed by atoms with Gasteiger partial charge in [-0.3, -0.25) is 4.79 Å². The van der Waals surface area contributed by atoms with Gasteiger partial charge in [-0.05, 0) is 38.5 Å². The van der Waals surface area contributed by atoms with E-state index in [9.17, 15) is 9.90 Å². The normalized spacial score (nSPS) is 11.5. The van der Waals surface area contributed by atoms with Gasteiger partial charge in [0.2, 0.25) is 0 Å². The first kappa shape index (κ1) is 12.3. The minimum absolute atomic E-state index is 0.556. The van der Waals surface area contributed by atoms with Crippen LogP contribution in [0.1, 0.15) is 25.1 Å². The molecule has 0 fully saturated rings. The smallest absolute Gasteiger partial charge is 0.315 e. The highest BCUT2D eigenvalue weighted by atomic mass is 16.4. The van der Waals surface area contributed by atoms with Gasteiger partial charge in [0, 0.05) is 0 Å². The molecule has 0 spiro atoms. The fraction of sp³-hybridized carbons (Fsp3) is 0.308. The minimum atomic E-state index is -1.03. The zero-order valence-corrected chi connectivity index (χ0v) is 10.6. The topological polar surface area (TPSA) is 68.0 Å². The van der Waals surface area contributed by atoms with Gasteiger partial charge >= 0.3 is 5.97 Å². The van der Waals surface area contributed by atoms with Gasteiger partial charge in [0.25, 0.3) is 0 Å². The van der Waals surface area contributed by atoms with E-state index in [0.29, 0.717) is 5.69 Å². The Kier molecular flexibility index (Phi) is 2.90. The number of carboxylic acid groups (broad SMARTS) is 1. The molecule has 0 unspecified atom stereocenters. The molecule has 1 aromatic carbocycles. The summed E-state index contributed by atoms with van der Waals surface area (Å²) in [5.74, 6) is -0.904. The zero-order valence-electron chi connectivity index (χ0n) is 10.6. The van der Waals surface area contributed by atoms with Crippen LogP contribution in [0.2, 0.25) is 0 Å². The number of hydrogen-bond acceptors (Lipinski definition) is 3. The molecule has 1 N–H and O–H groups in total. The number of rotatable bonds is 3. The number of carbonyl (C=O) groups is 1. The predicted octanol–water partition coefficient (Wildman–Crippen LogP) is 1.94. The van der Waals surface area contributed by atoms with Gasteiger partial charge in [-0.1, -0.05) is 17.3 Å². The van der Waals surface area contributed by atoms with E-state index in [4.69, 9.17) is 0 Å². The van der Waals surface area contributed by atoms with Crippen LogP contribution in [0.25, 0.3) is 5.69 Å². The maximum atomic E-state index is 11.3. The Morgan fingerprint density at radius 2 is 2.11 bits per heavy atom. The monoisotopic (exact) mass is 245 g/mol. The second-order valence-corrected chi connectivity index (χ2v) is 4.80. The van der Waals surface area contributed by atoms with Crippen LogP contribution >= 0.6 is 0 Å². The van der Waals surface area contributed by atoms with Crippen LogP contribution in [-0.4, -0.2) is 26.1 Å². The van der Waals surface area contributed by atoms with E-state index in [1.807, 2.05) is 31.2 Å². The van der Waals surface area contributed by atoms with E-state index in [1.165, 1.54) is 6.20 Å². The summed E-state index contributed by atoms with van der Waals surface area (Å²) in [7, 11) is 0. The quantitative estimate of drug-likeness (QED) is 0.897. The van der Waals surface area contributed by atoms with E-state index in [-0.39, 0.29) is 0 Å². The van der Waals surface area contributed by atoms with Crippen molar-refractivity contribution < 1.29 is 9.90 Å². The Hall–Kier alpha value is -2.17. The Balaban J connectivity index is 2.55. The van der Waals surface area contributed by atoms with Crippen molar-refractivity contribution in [3.63, 3.8) is 0 Å². The van der Waals surface area contributed by atoms with Gasteiger partial charge in [0.1, 0.15) is 5.41 Å². The Morgan fingerprint density at radius 1 is 1.39 bits per heavy atom. The molecule has 2 rings (SSSR count). The lowest BCUT2D eigenvalue weighted by Crippen LogP contribution is -2.31. The van der Waals surface area contributed by atoms with E-state index < -0.39 is 11.4 Å². The lowest BCUT2D eigenvalue weighted by Gasteiger charge is -2.19. The van der Waals surface area contributed by atoms with Gasteiger partial charge in [0.05, 0.1) is 17.6 Å². The molecule has 0 amide bonds. The predicted molar refractivity (Wildman–Crippen MR) is 66.8 cm³/mol. The number of aryl methyl sites for hydroxylation is 1. The second-order valence-electron chi connectivity index (χ2n) is 4.80. The van der Waals surface area contributed by atoms with Gasteiger partial charge in [-0.2, -0.15) is 0 Å². The largest absolute Gasteiger partial charge is 0.481 e. The third-order valence-corrected chi connectivity index (χ3v) is 2.97. The molecule has 0 saturated carbocycles. The molecule has 0 saturated heterocycles. The van der Waals surface area contributed by atoms with Crippen LogP contribution in [-0.2, 0) is 10.2 Å². The Bertz CT molecular complexity index is 587. The number of benzene rings is 1. The molecule has 0 atom stereocenters. The Morgan fingerprint density at radius 3 is 2.72 bits per heavy atom. The fourth-order valence-corrected chi connectivity index (χ4v) is 1.72. The van der Waals surface area contributed by atoms with Crippen LogP contribution in [0.15, 0.2) is 30.5 Å². The van der Waals surface area contributed by atoms with Crippen LogP contribution in [0.3, 0.4) is 0 Å². The molecule has 5 nitrogen and oxygen atoms in total. The molecule has 94 valence electrons. The van der Waals surface area contributed by atoms with Crippen molar-refractivity contribution in [3.05, 3.63) is 41.7 Å². The number of carboxylic acids is 1. The summed E-state index contributed by atoms with van der Waals surface area (Å²) in [5, 5.41) is 17.1. The fourth-order valence-electron chi connectivity index (χ4n) is 1.72. The summed E-state index contributed by atoms with van der Waals surface area (Å²) in [5.41, 5.74) is 1.42. The van der Waals surface area contributed by atoms with E-state index in [1.54, 1.807) is 18.5 Å². The van der Waals surface area contributed by atoms with Crippen molar-refractivity contribution in [1.82, 2.24) is 15.0 Å². The summed E-state index contributed by atoms with van der Waals surface area (Å²) in [4.78, 5) is 11.3. The van der Waals surface area contributed by atoms with Gasteiger partial charge in [-0.15, -0.1) is 5.10 Å². The summed E-state index contributed by atoms with van der Waals surface area (Å²) < 4.78 is 1.57. The molecule has 0 aliphatic carbocycles. The highest BCUT2D eigenvalue weighted by molar-refractivity contribution is 5.79. The number of aliphatic carboxylic acids is 1. The van der Waals surface area contributed by atoms with E-state index in [0.717, 1.165) is 11.3 Å². The van der Waals surface area contributed by atoms with Crippen LogP contribution in [0, 0.1) is 6.92 Å². The van der Waals surface area contributed by atoms with Crippen molar-refractivity contribution in [2.75, 3.05) is 0 Å². The molecule has 0 aliphatic rings. The van der Waals surface area contributed by atoms with E-state index in [2.05, 4.69) is 10.3 Å². The van der Waals surface area contributed by atoms with Crippen molar-refractivity contribution in [3.8, 4) is 5.69 Å². The highest BCUT2D eigenvalue weighted by Gasteiger charge is 2.33. The maximum Gasteiger partial charge on any atom is 0.315 e. The first-order valence-corrected chi connectivity index (χ1v) is 5.64. The van der Waals surface area contributed by atoms with Crippen molar-refractivity contribution >= 4 is 5.97 Å². The Labute approximate surface area is 105 Å². The van der Waals surface area contributed by atoms with Crippen LogP contribution in [0.4, 0.5) is 0 Å². The number of hydrogen-bond donors (Lipinski definition) is 1. The lowest BCUT2D eigenvalue weighted by molar-refractivity contribution is -0.142. The molecule has 0 aliphatic heterocycles. The van der Waals surface area contributed by atoms with Crippen LogP contribution in [0.5, 0.6) is 0 Å². The van der Waals surface area contributed by atoms with Gasteiger partial charge < -0.3 is 5.11 Å². The molecule has 18 heavy (non-hydrogen) atoms. The highest BCUT2D eigenvalue weighted by Crippen LogP contribution is 2.24. The average Bonchev–Trinajstić information content (AvgIpc) is 2.78. The summed E-state index contributed by atoms with van der Waals surface area (Å²) in [6.45, 7) is 5.25. The second kappa shape index (κ2) is 4.25. The van der Waals surface area contributed by atoms with Crippen molar-refractivity contribution in [2.45, 2.75) is 26.2 Å². The lowest BCUT2D eigenvalue weighted by atomic mass is 9.90. The van der Waals surface area contributed by atoms with E-state index >= 15 is 0 Å². The molecular weight excluding hydrogens is 230 g/mol. The molecular formula is C13H15N3O2. The summed E-state index contributed by atoms with van der Waals surface area (Å²) >= 11 is 0. The molecule has 1 heterocycles. The molecule has 2 aromatic rings. The summed E-state index contributed by atoms with van der Waals surface area (Å²) in [6.07, 6.45) is 1.50. The number of nitrogens with zero attached hydrogens (tertiary/aromatic N) is 3. The molecule has 1 aromatic heterocycles. The summed E-state index contributed by atoms with van der Waals surface area (Å²) in [6, 6.07) is 7.70.